The summed E-state index contributed by atoms with van der Waals surface area (Å²) in [6.07, 6.45) is 3.17. The minimum atomic E-state index is -3.15. The first kappa shape index (κ1) is 48.1. The highest BCUT2D eigenvalue weighted by atomic mass is 27.0. The largest absolute Gasteiger partial charge is 0.355 e. The third kappa shape index (κ3) is 7.07. The Kier molecular flexibility index (Phi) is 11.8. The first-order chi connectivity index (χ1) is 32.1. The lowest BCUT2D eigenvalue weighted by molar-refractivity contribution is 0.376. The van der Waals surface area contributed by atoms with Crippen LogP contribution in [0.15, 0.2) is 30.3 Å². The van der Waals surface area contributed by atoms with E-state index < -0.39 is 188 Å². The molecule has 69 heavy (non-hydrogen) atoms. The van der Waals surface area contributed by atoms with E-state index in [-0.39, 0.29) is 40.2 Å². The first-order valence-electron chi connectivity index (χ1n) is 18.3. The van der Waals surface area contributed by atoms with E-state index in [2.05, 4.69) is 15.0 Å². The Morgan fingerprint density at radius 2 is 0.638 bits per heavy atom. The normalized spacial score (nSPS) is 12.1. The number of hydrogen-bond donors (Lipinski definition) is 1. The number of nitrogens with one attached hydrogen (secondary N) is 1. The molecule has 5 heterocycles. The Balaban J connectivity index is 0.00000642. The second kappa shape index (κ2) is 17.0. The van der Waals surface area contributed by atoms with Crippen LogP contribution in [0, 0.1) is 116 Å². The molecule has 9 rings (SSSR count). The van der Waals surface area contributed by atoms with E-state index in [1.807, 2.05) is 0 Å². The Bertz CT molecular complexity index is 3590. The average Bonchev–Trinajstić information content (AvgIpc) is 4.14. The quantitative estimate of drug-likeness (QED) is 0.0826. The molecule has 0 aliphatic carbocycles. The summed E-state index contributed by atoms with van der Waals surface area (Å²) in [7, 11) is 0. The van der Waals surface area contributed by atoms with Crippen LogP contribution in [0.3, 0.4) is 0 Å². The zero-order valence-corrected chi connectivity index (χ0v) is 33.8. The molecule has 2 aliphatic rings. The molecular weight excluding hydrogens is 991 g/mol. The number of aromatic amines is 1. The zero-order valence-electron chi connectivity index (χ0n) is 32.7. The lowest BCUT2D eigenvalue weighted by Crippen LogP contribution is -2.11. The van der Waals surface area contributed by atoms with Crippen LogP contribution in [-0.2, 0) is 0 Å². The van der Waals surface area contributed by atoms with E-state index in [1.54, 1.807) is 0 Å². The van der Waals surface area contributed by atoms with Crippen molar-refractivity contribution in [1.82, 2.24) is 19.5 Å². The fourth-order valence-corrected chi connectivity index (χ4v) is 7.53. The summed E-state index contributed by atoms with van der Waals surface area (Å²) in [5.74, 6) is -61.3. The Labute approximate surface area is 378 Å². The smallest absolute Gasteiger partial charge is 0.200 e. The Morgan fingerprint density at radius 1 is 0.319 bits per heavy atom. The lowest BCUT2D eigenvalue weighted by Gasteiger charge is -2.17. The second-order valence-corrected chi connectivity index (χ2v) is 14.3. The van der Waals surface area contributed by atoms with Crippen LogP contribution in [-0.4, -0.2) is 36.9 Å². The molecule has 3 aromatic heterocycles. The van der Waals surface area contributed by atoms with Gasteiger partial charge in [-0.05, 0) is 54.6 Å². The van der Waals surface area contributed by atoms with Crippen molar-refractivity contribution in [1.29, 1.82) is 0 Å². The average molecular weight is 1000 g/mol. The molecular formula is C44H10AlF20N4. The fourth-order valence-electron chi connectivity index (χ4n) is 7.53. The molecule has 8 bridgehead atoms. The van der Waals surface area contributed by atoms with Gasteiger partial charge in [-0.1, -0.05) is 0 Å². The molecule has 0 saturated carbocycles. The first-order valence-corrected chi connectivity index (χ1v) is 18.3. The van der Waals surface area contributed by atoms with E-state index in [9.17, 15) is 17.6 Å². The number of rotatable bonds is 4. The summed E-state index contributed by atoms with van der Waals surface area (Å²) in [5, 5.41) is 0. The van der Waals surface area contributed by atoms with Crippen LogP contribution in [0.25, 0.3) is 85.4 Å². The van der Waals surface area contributed by atoms with Crippen LogP contribution in [0.2, 0.25) is 0 Å². The van der Waals surface area contributed by atoms with E-state index in [0.717, 1.165) is 24.3 Å². The van der Waals surface area contributed by atoms with Crippen molar-refractivity contribution in [3.63, 3.8) is 0 Å². The molecule has 25 heteroatoms. The van der Waals surface area contributed by atoms with Crippen molar-refractivity contribution in [2.24, 2.45) is 0 Å². The van der Waals surface area contributed by atoms with Crippen molar-refractivity contribution >= 4 is 63.7 Å². The summed E-state index contributed by atoms with van der Waals surface area (Å²) < 4.78 is 313. The van der Waals surface area contributed by atoms with Gasteiger partial charge in [0.05, 0.1) is 50.5 Å². The highest BCUT2D eigenvalue weighted by molar-refractivity contribution is 6.11. The topological polar surface area (TPSA) is 46.5 Å². The van der Waals surface area contributed by atoms with Gasteiger partial charge in [-0.3, -0.25) is 0 Å². The van der Waals surface area contributed by atoms with Crippen LogP contribution >= 0.6 is 0 Å². The maximum atomic E-state index is 16.5. The van der Waals surface area contributed by atoms with E-state index in [4.69, 9.17) is 0 Å². The summed E-state index contributed by atoms with van der Waals surface area (Å²) in [5.41, 5.74) is -24.1. The van der Waals surface area contributed by atoms with E-state index in [1.165, 1.54) is 18.2 Å². The van der Waals surface area contributed by atoms with E-state index >= 15 is 70.2 Å². The van der Waals surface area contributed by atoms with Gasteiger partial charge in [-0.15, -0.1) is 0 Å². The molecule has 4 nitrogen and oxygen atoms in total. The van der Waals surface area contributed by atoms with Crippen molar-refractivity contribution in [2.45, 2.75) is 0 Å². The van der Waals surface area contributed by atoms with Gasteiger partial charge in [0.15, 0.2) is 93.1 Å². The minimum absolute atomic E-state index is 0. The molecule has 0 saturated heterocycles. The molecule has 0 fully saturated rings. The Hall–Kier alpha value is -7.39. The standard InChI is InChI=1S/C44H10F20N4.Al/c45-23-20(24(46)30(52)35(57)29(23)51)17-15-6-5-13(67-15)8-12-2-1-10(65-12)7-11-3-4-14(66-11)9-16-18(21-25(47)31(53)36(58)32(54)26(21)48)19(22-27(49)33(55)37(59)34(56)28(22)50)43(17)68(16)44-41(63)39(61)38(60)40(62)42(44)64;/h1-9,65H;. The SMILES string of the molecule is Fc1c(F)c(F)c(-c2c(-c3c(F)c(F)c(F)c(F)c3F)c3c(-c4c(F)c(F)c(F)c(F)c4F)c4nc(cc5ccc(cc6nc(cc2n3-c2c(F)c(F)c(F)c(F)c2F)C=C6)[nH]5)C=C4)c(F)c1F.[Al]. The summed E-state index contributed by atoms with van der Waals surface area (Å²) in [6.45, 7) is 0. The van der Waals surface area contributed by atoms with Crippen LogP contribution in [0.5, 0.6) is 0 Å². The van der Waals surface area contributed by atoms with Crippen molar-refractivity contribution in [3.05, 3.63) is 169 Å². The lowest BCUT2D eigenvalue weighted by atomic mass is 9.91. The molecule has 0 unspecified atom stereocenters. The molecule has 0 amide bonds. The van der Waals surface area contributed by atoms with Gasteiger partial charge >= 0.3 is 0 Å². The number of aromatic nitrogens is 4. The molecule has 7 aromatic rings. The highest BCUT2D eigenvalue weighted by Crippen LogP contribution is 2.52. The van der Waals surface area contributed by atoms with Crippen molar-refractivity contribution in [2.75, 3.05) is 0 Å². The monoisotopic (exact) mass is 1000 g/mol. The summed E-state index contributed by atoms with van der Waals surface area (Å²) in [6, 6.07) is 5.15. The van der Waals surface area contributed by atoms with Gasteiger partial charge in [-0.25, -0.2) is 97.8 Å². The molecule has 4 aromatic carbocycles. The molecule has 0 spiro atoms. The molecule has 1 N–H and O–H groups in total. The third-order valence-corrected chi connectivity index (χ3v) is 10.5. The minimum Gasteiger partial charge on any atom is -0.355 e. The third-order valence-electron chi connectivity index (χ3n) is 10.5. The number of halogens is 20. The van der Waals surface area contributed by atoms with E-state index in [0.29, 0.717) is 6.08 Å². The van der Waals surface area contributed by atoms with Gasteiger partial charge in [0.2, 0.25) is 23.3 Å². The number of hydrogen-bond acceptors (Lipinski definition) is 2. The van der Waals surface area contributed by atoms with Gasteiger partial charge in [0.25, 0.3) is 0 Å². The zero-order chi connectivity index (χ0) is 49.3. The molecule has 3 radical (unpaired) electrons. The van der Waals surface area contributed by atoms with Gasteiger partial charge in [0, 0.05) is 45.1 Å². The number of nitrogens with zero attached hydrogens (tertiary/aromatic N) is 3. The summed E-state index contributed by atoms with van der Waals surface area (Å²) in [4.78, 5) is 10.8. The number of benzene rings is 4. The number of H-pyrrole nitrogens is 1. The molecule has 2 aliphatic heterocycles. The fraction of sp³-hybridized carbons (Fsp3) is 0. The summed E-state index contributed by atoms with van der Waals surface area (Å²) >= 11 is 0. The van der Waals surface area contributed by atoms with Crippen LogP contribution in [0.1, 0.15) is 22.8 Å². The second-order valence-electron chi connectivity index (χ2n) is 14.3. The van der Waals surface area contributed by atoms with Crippen molar-refractivity contribution in [3.8, 4) is 39.1 Å². The maximum absolute atomic E-state index is 16.5. The van der Waals surface area contributed by atoms with Crippen LogP contribution < -0.4 is 0 Å². The Morgan fingerprint density at radius 3 is 1.06 bits per heavy atom. The molecule has 0 atom stereocenters. The number of fused-ring (bicyclic) bond motifs is 8. The maximum Gasteiger partial charge on any atom is 0.200 e. The van der Waals surface area contributed by atoms with Gasteiger partial charge in [-0.2, -0.15) is 0 Å². The predicted octanol–water partition coefficient (Wildman–Crippen LogP) is 13.5. The highest BCUT2D eigenvalue weighted by Gasteiger charge is 2.41. The van der Waals surface area contributed by atoms with Gasteiger partial charge < -0.3 is 9.55 Å². The van der Waals surface area contributed by atoms with Crippen LogP contribution in [0.4, 0.5) is 87.8 Å². The van der Waals surface area contributed by atoms with Gasteiger partial charge in [0.1, 0.15) is 5.69 Å². The predicted molar refractivity (Wildman–Crippen MR) is 205 cm³/mol. The molecule has 349 valence electrons. The van der Waals surface area contributed by atoms with Crippen molar-refractivity contribution < 1.29 is 87.8 Å².